The standard InChI is InChI=1S/C13H19N3O2/c1-10-3-2-8-15(13(10)9-14)11-4-6-12(7-5-11)16(17)18/h4-7,10,13H,2-3,8-9,14H2,1H3. The Morgan fingerprint density at radius 3 is 2.67 bits per heavy atom. The minimum absolute atomic E-state index is 0.133. The maximum Gasteiger partial charge on any atom is 0.269 e. The lowest BCUT2D eigenvalue weighted by atomic mass is 9.90. The van der Waals surface area contributed by atoms with E-state index >= 15 is 0 Å². The molecule has 0 bridgehead atoms. The van der Waals surface area contributed by atoms with Crippen LogP contribution < -0.4 is 10.6 Å². The molecule has 1 saturated heterocycles. The first-order valence-corrected chi connectivity index (χ1v) is 6.34. The number of anilines is 1. The minimum Gasteiger partial charge on any atom is -0.367 e. The van der Waals surface area contributed by atoms with Crippen LogP contribution >= 0.6 is 0 Å². The van der Waals surface area contributed by atoms with Crippen molar-refractivity contribution in [2.75, 3.05) is 18.0 Å². The zero-order valence-corrected chi connectivity index (χ0v) is 10.6. The van der Waals surface area contributed by atoms with Crippen LogP contribution in [0.5, 0.6) is 0 Å². The molecule has 5 nitrogen and oxygen atoms in total. The molecule has 0 saturated carbocycles. The van der Waals surface area contributed by atoms with E-state index in [0.29, 0.717) is 18.5 Å². The summed E-state index contributed by atoms with van der Waals surface area (Å²) < 4.78 is 0. The van der Waals surface area contributed by atoms with Crippen molar-refractivity contribution in [1.29, 1.82) is 0 Å². The van der Waals surface area contributed by atoms with Gasteiger partial charge in [0.05, 0.1) is 4.92 Å². The highest BCUT2D eigenvalue weighted by molar-refractivity contribution is 5.52. The van der Waals surface area contributed by atoms with Crippen molar-refractivity contribution in [3.63, 3.8) is 0 Å². The van der Waals surface area contributed by atoms with E-state index in [1.165, 1.54) is 6.42 Å². The molecule has 0 aliphatic carbocycles. The average molecular weight is 249 g/mol. The number of rotatable bonds is 3. The number of nitrogens with two attached hydrogens (primary N) is 1. The first-order valence-electron chi connectivity index (χ1n) is 6.34. The van der Waals surface area contributed by atoms with Gasteiger partial charge in [0.2, 0.25) is 0 Å². The van der Waals surface area contributed by atoms with E-state index in [-0.39, 0.29) is 10.6 Å². The third-order valence-corrected chi connectivity index (χ3v) is 3.75. The summed E-state index contributed by atoms with van der Waals surface area (Å²) in [6.07, 6.45) is 2.35. The fourth-order valence-corrected chi connectivity index (χ4v) is 2.69. The van der Waals surface area contributed by atoms with Crippen LogP contribution in [0.2, 0.25) is 0 Å². The number of nitro groups is 1. The smallest absolute Gasteiger partial charge is 0.269 e. The van der Waals surface area contributed by atoms with Gasteiger partial charge in [-0.2, -0.15) is 0 Å². The van der Waals surface area contributed by atoms with Crippen LogP contribution in [0.4, 0.5) is 11.4 Å². The normalized spacial score (nSPS) is 24.0. The van der Waals surface area contributed by atoms with Gasteiger partial charge in [-0.25, -0.2) is 0 Å². The lowest BCUT2D eigenvalue weighted by molar-refractivity contribution is -0.384. The summed E-state index contributed by atoms with van der Waals surface area (Å²) in [6.45, 7) is 3.82. The van der Waals surface area contributed by atoms with Gasteiger partial charge in [-0.3, -0.25) is 10.1 Å². The zero-order chi connectivity index (χ0) is 13.1. The number of nitrogens with zero attached hydrogens (tertiary/aromatic N) is 2. The maximum atomic E-state index is 10.6. The monoisotopic (exact) mass is 249 g/mol. The summed E-state index contributed by atoms with van der Waals surface area (Å²) >= 11 is 0. The van der Waals surface area contributed by atoms with Gasteiger partial charge in [0, 0.05) is 37.0 Å². The van der Waals surface area contributed by atoms with Gasteiger partial charge in [0.15, 0.2) is 0 Å². The Hall–Kier alpha value is -1.62. The minimum atomic E-state index is -0.372. The van der Waals surface area contributed by atoms with Gasteiger partial charge in [-0.15, -0.1) is 0 Å². The van der Waals surface area contributed by atoms with E-state index in [9.17, 15) is 10.1 Å². The Balaban J connectivity index is 2.21. The molecule has 98 valence electrons. The Morgan fingerprint density at radius 1 is 1.44 bits per heavy atom. The first-order chi connectivity index (χ1) is 8.63. The predicted octanol–water partition coefficient (Wildman–Crippen LogP) is 2.16. The molecule has 2 unspecified atom stereocenters. The Labute approximate surface area is 107 Å². The van der Waals surface area contributed by atoms with Gasteiger partial charge in [-0.05, 0) is 30.9 Å². The van der Waals surface area contributed by atoms with Crippen LogP contribution in [-0.4, -0.2) is 24.1 Å². The van der Waals surface area contributed by atoms with E-state index in [1.54, 1.807) is 12.1 Å². The second kappa shape index (κ2) is 5.35. The number of hydrogen-bond donors (Lipinski definition) is 1. The molecule has 1 fully saturated rings. The summed E-state index contributed by atoms with van der Waals surface area (Å²) in [5.41, 5.74) is 7.01. The maximum absolute atomic E-state index is 10.6. The van der Waals surface area contributed by atoms with E-state index in [1.807, 2.05) is 12.1 Å². The van der Waals surface area contributed by atoms with Crippen molar-refractivity contribution in [2.24, 2.45) is 11.7 Å². The van der Waals surface area contributed by atoms with Crippen LogP contribution in [0.25, 0.3) is 0 Å². The molecule has 2 rings (SSSR count). The quantitative estimate of drug-likeness (QED) is 0.658. The lowest BCUT2D eigenvalue weighted by Gasteiger charge is -2.41. The van der Waals surface area contributed by atoms with Crippen LogP contribution in [0.15, 0.2) is 24.3 Å². The lowest BCUT2D eigenvalue weighted by Crippen LogP contribution is -2.48. The predicted molar refractivity (Wildman–Crippen MR) is 71.7 cm³/mol. The molecule has 0 spiro atoms. The topological polar surface area (TPSA) is 72.4 Å². The molecule has 1 aromatic carbocycles. The number of nitro benzene ring substituents is 1. The molecular formula is C13H19N3O2. The third kappa shape index (κ3) is 2.46. The molecule has 5 heteroatoms. The molecule has 2 atom stereocenters. The average Bonchev–Trinajstić information content (AvgIpc) is 2.38. The van der Waals surface area contributed by atoms with Gasteiger partial charge < -0.3 is 10.6 Å². The summed E-state index contributed by atoms with van der Waals surface area (Å²) in [5, 5.41) is 10.6. The summed E-state index contributed by atoms with van der Waals surface area (Å²) in [4.78, 5) is 12.5. The highest BCUT2D eigenvalue weighted by Crippen LogP contribution is 2.29. The van der Waals surface area contributed by atoms with E-state index < -0.39 is 0 Å². The van der Waals surface area contributed by atoms with E-state index in [4.69, 9.17) is 5.73 Å². The molecule has 18 heavy (non-hydrogen) atoms. The molecular weight excluding hydrogens is 230 g/mol. The van der Waals surface area contributed by atoms with Crippen molar-refractivity contribution in [3.05, 3.63) is 34.4 Å². The van der Waals surface area contributed by atoms with Crippen LogP contribution in [0.3, 0.4) is 0 Å². The highest BCUT2D eigenvalue weighted by atomic mass is 16.6. The van der Waals surface area contributed by atoms with Crippen molar-refractivity contribution in [2.45, 2.75) is 25.8 Å². The summed E-state index contributed by atoms with van der Waals surface area (Å²) in [6, 6.07) is 7.09. The largest absolute Gasteiger partial charge is 0.367 e. The van der Waals surface area contributed by atoms with E-state index in [0.717, 1.165) is 18.7 Å². The van der Waals surface area contributed by atoms with Crippen LogP contribution in [-0.2, 0) is 0 Å². The summed E-state index contributed by atoms with van der Waals surface area (Å²) in [5.74, 6) is 0.568. The Bertz CT molecular complexity index is 419. The highest BCUT2D eigenvalue weighted by Gasteiger charge is 2.27. The van der Waals surface area contributed by atoms with Crippen LogP contribution in [0.1, 0.15) is 19.8 Å². The third-order valence-electron chi connectivity index (χ3n) is 3.75. The molecule has 0 amide bonds. The van der Waals surface area contributed by atoms with Gasteiger partial charge in [0.25, 0.3) is 5.69 Å². The number of non-ortho nitro benzene ring substituents is 1. The molecule has 0 radical (unpaired) electrons. The Kier molecular flexibility index (Phi) is 3.81. The summed E-state index contributed by atoms with van der Waals surface area (Å²) in [7, 11) is 0. The number of hydrogen-bond acceptors (Lipinski definition) is 4. The molecule has 1 aromatic rings. The molecule has 1 aliphatic heterocycles. The van der Waals surface area contributed by atoms with Crippen molar-refractivity contribution in [1.82, 2.24) is 0 Å². The number of piperidine rings is 1. The SMILES string of the molecule is CC1CCCN(c2ccc([N+](=O)[O-])cc2)C1CN. The van der Waals surface area contributed by atoms with Gasteiger partial charge in [0.1, 0.15) is 0 Å². The van der Waals surface area contributed by atoms with E-state index in [2.05, 4.69) is 11.8 Å². The second-order valence-electron chi connectivity index (χ2n) is 4.89. The molecule has 1 heterocycles. The fourth-order valence-electron chi connectivity index (χ4n) is 2.69. The first kappa shape index (κ1) is 12.8. The second-order valence-corrected chi connectivity index (χ2v) is 4.89. The molecule has 0 aromatic heterocycles. The van der Waals surface area contributed by atoms with Crippen LogP contribution in [0, 0.1) is 16.0 Å². The fraction of sp³-hybridized carbons (Fsp3) is 0.538. The molecule has 1 aliphatic rings. The zero-order valence-electron chi connectivity index (χ0n) is 10.6. The van der Waals surface area contributed by atoms with Crippen molar-refractivity contribution < 1.29 is 4.92 Å². The Morgan fingerprint density at radius 2 is 2.11 bits per heavy atom. The molecule has 2 N–H and O–H groups in total. The van der Waals surface area contributed by atoms with Gasteiger partial charge >= 0.3 is 0 Å². The van der Waals surface area contributed by atoms with Gasteiger partial charge in [-0.1, -0.05) is 6.92 Å². The van der Waals surface area contributed by atoms with Crippen molar-refractivity contribution in [3.8, 4) is 0 Å². The number of benzene rings is 1. The van der Waals surface area contributed by atoms with Crippen molar-refractivity contribution >= 4 is 11.4 Å².